The van der Waals surface area contributed by atoms with Crippen molar-refractivity contribution in [3.8, 4) is 11.4 Å². The van der Waals surface area contributed by atoms with Gasteiger partial charge in [-0.15, -0.1) is 6.58 Å². The van der Waals surface area contributed by atoms with E-state index in [9.17, 15) is 18.0 Å². The molecule has 0 aliphatic rings. The van der Waals surface area contributed by atoms with E-state index in [1.165, 1.54) is 18.2 Å². The summed E-state index contributed by atoms with van der Waals surface area (Å²) < 4.78 is 38.0. The molecule has 148 valence electrons. The van der Waals surface area contributed by atoms with Crippen molar-refractivity contribution in [2.24, 2.45) is 0 Å². The van der Waals surface area contributed by atoms with E-state index in [1.807, 2.05) is 30.3 Å². The quantitative estimate of drug-likeness (QED) is 0.573. The lowest BCUT2D eigenvalue weighted by Crippen LogP contribution is -2.16. The van der Waals surface area contributed by atoms with E-state index in [0.29, 0.717) is 18.2 Å². The van der Waals surface area contributed by atoms with Crippen molar-refractivity contribution < 1.29 is 18.0 Å². The van der Waals surface area contributed by atoms with Gasteiger partial charge in [0.2, 0.25) is 0 Å². The zero-order chi connectivity index (χ0) is 20.9. The highest BCUT2D eigenvalue weighted by Crippen LogP contribution is 2.30. The largest absolute Gasteiger partial charge is 0.416 e. The number of rotatable bonds is 6. The van der Waals surface area contributed by atoms with Gasteiger partial charge in [-0.3, -0.25) is 4.79 Å². The van der Waals surface area contributed by atoms with Crippen molar-refractivity contribution in [3.63, 3.8) is 0 Å². The minimum atomic E-state index is -4.44. The zero-order valence-electron chi connectivity index (χ0n) is 15.2. The lowest BCUT2D eigenvalue weighted by Gasteiger charge is -2.11. The molecular weight excluding hydrogens is 381 g/mol. The number of nitrogens with one attached hydrogen (secondary N) is 2. The van der Waals surface area contributed by atoms with Crippen LogP contribution in [-0.2, 0) is 6.18 Å². The molecule has 1 amide bonds. The van der Waals surface area contributed by atoms with Gasteiger partial charge in [0, 0.05) is 23.9 Å². The molecule has 3 aromatic rings. The van der Waals surface area contributed by atoms with E-state index in [2.05, 4.69) is 27.2 Å². The number of carbonyl (C=O) groups is 1. The number of alkyl halides is 3. The molecule has 0 fully saturated rings. The molecule has 0 bridgehead atoms. The molecule has 0 saturated carbocycles. The third kappa shape index (κ3) is 5.19. The molecule has 5 nitrogen and oxygen atoms in total. The van der Waals surface area contributed by atoms with Crippen molar-refractivity contribution in [1.82, 2.24) is 9.97 Å². The Hall–Kier alpha value is -3.68. The highest BCUT2D eigenvalue weighted by atomic mass is 19.4. The van der Waals surface area contributed by atoms with Gasteiger partial charge in [-0.1, -0.05) is 36.4 Å². The topological polar surface area (TPSA) is 66.9 Å². The van der Waals surface area contributed by atoms with Crippen LogP contribution < -0.4 is 10.6 Å². The first-order valence-corrected chi connectivity index (χ1v) is 8.64. The second-order valence-electron chi connectivity index (χ2n) is 6.03. The van der Waals surface area contributed by atoms with Crippen LogP contribution in [0.2, 0.25) is 0 Å². The summed E-state index contributed by atoms with van der Waals surface area (Å²) in [6, 6.07) is 14.8. The summed E-state index contributed by atoms with van der Waals surface area (Å²) in [5, 5.41) is 5.57. The van der Waals surface area contributed by atoms with E-state index >= 15 is 0 Å². The Bertz CT molecular complexity index is 1000. The third-order valence-corrected chi connectivity index (χ3v) is 3.89. The van der Waals surface area contributed by atoms with Gasteiger partial charge in [-0.25, -0.2) is 9.97 Å². The maximum atomic E-state index is 12.7. The maximum absolute atomic E-state index is 12.7. The summed E-state index contributed by atoms with van der Waals surface area (Å²) >= 11 is 0. The fraction of sp³-hybridized carbons (Fsp3) is 0.0952. The molecule has 2 N–H and O–H groups in total. The molecule has 1 heterocycles. The Morgan fingerprint density at radius 3 is 2.34 bits per heavy atom. The highest BCUT2D eigenvalue weighted by molar-refractivity contribution is 6.03. The van der Waals surface area contributed by atoms with Crippen molar-refractivity contribution in [2.75, 3.05) is 17.2 Å². The highest BCUT2D eigenvalue weighted by Gasteiger charge is 2.30. The summed E-state index contributed by atoms with van der Waals surface area (Å²) in [5.74, 6) is 0.208. The summed E-state index contributed by atoms with van der Waals surface area (Å²) in [6.45, 7) is 4.06. The number of anilines is 2. The molecule has 0 saturated heterocycles. The van der Waals surface area contributed by atoms with Crippen molar-refractivity contribution in [1.29, 1.82) is 0 Å². The molecular formula is C21H17F3N4O. The normalized spacial score (nSPS) is 11.0. The van der Waals surface area contributed by atoms with E-state index in [1.54, 1.807) is 6.08 Å². The van der Waals surface area contributed by atoms with Crippen LogP contribution in [0.1, 0.15) is 16.1 Å². The van der Waals surface area contributed by atoms with Gasteiger partial charge < -0.3 is 10.6 Å². The van der Waals surface area contributed by atoms with E-state index in [-0.39, 0.29) is 11.4 Å². The molecule has 0 atom stereocenters. The number of benzene rings is 2. The smallest absolute Gasteiger partial charge is 0.366 e. The average molecular weight is 398 g/mol. The number of aromatic nitrogens is 2. The van der Waals surface area contributed by atoms with Gasteiger partial charge in [0.1, 0.15) is 11.5 Å². The fourth-order valence-corrected chi connectivity index (χ4v) is 2.48. The van der Waals surface area contributed by atoms with Crippen LogP contribution in [0.4, 0.5) is 24.7 Å². The second-order valence-corrected chi connectivity index (χ2v) is 6.03. The van der Waals surface area contributed by atoms with Crippen LogP contribution in [0, 0.1) is 0 Å². The maximum Gasteiger partial charge on any atom is 0.416 e. The van der Waals surface area contributed by atoms with E-state index in [4.69, 9.17) is 0 Å². The Kier molecular flexibility index (Phi) is 5.92. The SMILES string of the molecule is C=CCNc1cc(C(=O)Nc2ccc(C(F)(F)F)cc2)nc(-c2ccccc2)n1. The van der Waals surface area contributed by atoms with Crippen LogP contribution in [0.25, 0.3) is 11.4 Å². The van der Waals surface area contributed by atoms with Crippen LogP contribution in [0.5, 0.6) is 0 Å². The van der Waals surface area contributed by atoms with Gasteiger partial charge in [0.05, 0.1) is 5.56 Å². The Labute approximate surface area is 165 Å². The molecule has 0 unspecified atom stereocenters. The zero-order valence-corrected chi connectivity index (χ0v) is 15.2. The van der Waals surface area contributed by atoms with Gasteiger partial charge in [0.25, 0.3) is 5.91 Å². The molecule has 2 aromatic carbocycles. The number of halogens is 3. The fourth-order valence-electron chi connectivity index (χ4n) is 2.48. The predicted octanol–water partition coefficient (Wildman–Crippen LogP) is 5.01. The van der Waals surface area contributed by atoms with Crippen LogP contribution in [0.3, 0.4) is 0 Å². The Morgan fingerprint density at radius 2 is 1.72 bits per heavy atom. The summed E-state index contributed by atoms with van der Waals surface area (Å²) in [6.07, 6.45) is -2.79. The standard InChI is InChI=1S/C21H17F3N4O/c1-2-12-25-18-13-17(27-19(28-18)14-6-4-3-5-7-14)20(29)26-16-10-8-15(9-11-16)21(22,23)24/h2-11,13H,1,12H2,(H,26,29)(H,25,27,28). The lowest BCUT2D eigenvalue weighted by atomic mass is 10.2. The minimum absolute atomic E-state index is 0.0744. The first-order chi connectivity index (χ1) is 13.9. The van der Waals surface area contributed by atoms with Crippen LogP contribution in [0.15, 0.2) is 73.3 Å². The van der Waals surface area contributed by atoms with Gasteiger partial charge in [-0.05, 0) is 24.3 Å². The first-order valence-electron chi connectivity index (χ1n) is 8.64. The molecule has 1 aromatic heterocycles. The number of nitrogens with zero attached hydrogens (tertiary/aromatic N) is 2. The van der Waals surface area contributed by atoms with Crippen LogP contribution >= 0.6 is 0 Å². The predicted molar refractivity (Wildman–Crippen MR) is 106 cm³/mol. The van der Waals surface area contributed by atoms with Crippen molar-refractivity contribution >= 4 is 17.4 Å². The summed E-state index contributed by atoms with van der Waals surface area (Å²) in [7, 11) is 0. The molecule has 0 aliphatic carbocycles. The van der Waals surface area contributed by atoms with Crippen LogP contribution in [-0.4, -0.2) is 22.4 Å². The molecule has 29 heavy (non-hydrogen) atoms. The number of hydrogen-bond donors (Lipinski definition) is 2. The summed E-state index contributed by atoms with van der Waals surface area (Å²) in [5.41, 5.74) is 0.229. The van der Waals surface area contributed by atoms with E-state index in [0.717, 1.165) is 17.7 Å². The van der Waals surface area contributed by atoms with Crippen molar-refractivity contribution in [3.05, 3.63) is 84.6 Å². The van der Waals surface area contributed by atoms with Crippen molar-refractivity contribution in [2.45, 2.75) is 6.18 Å². The molecule has 0 radical (unpaired) electrons. The minimum Gasteiger partial charge on any atom is -0.366 e. The number of carbonyl (C=O) groups excluding carboxylic acids is 1. The average Bonchev–Trinajstić information content (AvgIpc) is 2.72. The van der Waals surface area contributed by atoms with Gasteiger partial charge in [0.15, 0.2) is 5.82 Å². The Morgan fingerprint density at radius 1 is 1.03 bits per heavy atom. The molecule has 3 rings (SSSR count). The van der Waals surface area contributed by atoms with E-state index < -0.39 is 17.6 Å². The lowest BCUT2D eigenvalue weighted by molar-refractivity contribution is -0.137. The molecule has 0 spiro atoms. The second kappa shape index (κ2) is 8.55. The Balaban J connectivity index is 1.88. The number of amides is 1. The monoisotopic (exact) mass is 398 g/mol. The third-order valence-electron chi connectivity index (χ3n) is 3.89. The van der Waals surface area contributed by atoms with Gasteiger partial charge in [-0.2, -0.15) is 13.2 Å². The first kappa shape index (κ1) is 20.1. The number of hydrogen-bond acceptors (Lipinski definition) is 4. The summed E-state index contributed by atoms with van der Waals surface area (Å²) in [4.78, 5) is 21.3. The molecule has 8 heteroatoms. The molecule has 0 aliphatic heterocycles. The van der Waals surface area contributed by atoms with Gasteiger partial charge >= 0.3 is 6.18 Å².